The van der Waals surface area contributed by atoms with Crippen LogP contribution in [0.4, 0.5) is 0 Å². The lowest BCUT2D eigenvalue weighted by molar-refractivity contribution is -0.133. The fourth-order valence-corrected chi connectivity index (χ4v) is 1.74. The molecule has 1 heterocycles. The van der Waals surface area contributed by atoms with Crippen molar-refractivity contribution in [3.8, 4) is 0 Å². The molecule has 18 heavy (non-hydrogen) atoms. The number of Topliss-reactive ketones (excluding diaryl/α,β-unsaturated/α-hetero) is 1. The molecule has 0 bridgehead atoms. The van der Waals surface area contributed by atoms with Gasteiger partial charge in [-0.1, -0.05) is 12.1 Å². The molecule has 94 valence electrons. The number of benzene rings is 1. The van der Waals surface area contributed by atoms with Gasteiger partial charge in [-0.25, -0.2) is 9.97 Å². The lowest BCUT2D eigenvalue weighted by Crippen LogP contribution is -2.36. The van der Waals surface area contributed by atoms with Gasteiger partial charge in [0, 0.05) is 6.42 Å². The number of hydrogen-bond donors (Lipinski definition) is 1. The van der Waals surface area contributed by atoms with Gasteiger partial charge in [0.25, 0.3) is 0 Å². The fourth-order valence-electron chi connectivity index (χ4n) is 1.74. The van der Waals surface area contributed by atoms with Gasteiger partial charge in [0.2, 0.25) is 0 Å². The van der Waals surface area contributed by atoms with Crippen LogP contribution >= 0.6 is 0 Å². The van der Waals surface area contributed by atoms with Crippen LogP contribution in [0.25, 0.3) is 11.0 Å². The molecule has 0 spiro atoms. The van der Waals surface area contributed by atoms with Crippen LogP contribution in [-0.4, -0.2) is 26.5 Å². The molecule has 0 fully saturated rings. The standard InChI is InChI=1S/C14H16N2O2/c1-9-13(8-14(3,18)10(2)17)16-12-7-5-4-6-11(12)15-9/h4-7,18H,8H2,1-3H3/t14-/m1/s1. The van der Waals surface area contributed by atoms with Crippen molar-refractivity contribution < 1.29 is 9.90 Å². The maximum Gasteiger partial charge on any atom is 0.161 e. The molecule has 1 N–H and O–H groups in total. The van der Waals surface area contributed by atoms with Crippen molar-refractivity contribution in [2.75, 3.05) is 0 Å². The summed E-state index contributed by atoms with van der Waals surface area (Å²) in [5.41, 5.74) is 1.62. The molecular formula is C14H16N2O2. The van der Waals surface area contributed by atoms with Crippen molar-refractivity contribution in [3.63, 3.8) is 0 Å². The van der Waals surface area contributed by atoms with E-state index in [1.165, 1.54) is 13.8 Å². The molecule has 0 aliphatic rings. The number of nitrogens with zero attached hydrogens (tertiary/aromatic N) is 2. The number of para-hydroxylation sites is 2. The third kappa shape index (κ3) is 2.38. The molecule has 4 heteroatoms. The average Bonchev–Trinajstić information content (AvgIpc) is 2.29. The predicted molar refractivity (Wildman–Crippen MR) is 69.3 cm³/mol. The summed E-state index contributed by atoms with van der Waals surface area (Å²) in [6, 6.07) is 7.55. The van der Waals surface area contributed by atoms with Gasteiger partial charge in [0.05, 0.1) is 22.4 Å². The molecule has 1 atom stereocenters. The average molecular weight is 244 g/mol. The number of ketones is 1. The van der Waals surface area contributed by atoms with E-state index in [2.05, 4.69) is 9.97 Å². The Bertz CT molecular complexity index is 606. The molecule has 1 aromatic heterocycles. The highest BCUT2D eigenvalue weighted by atomic mass is 16.3. The van der Waals surface area contributed by atoms with Gasteiger partial charge in [-0.05, 0) is 32.9 Å². The highest BCUT2D eigenvalue weighted by molar-refractivity contribution is 5.84. The van der Waals surface area contributed by atoms with Crippen molar-refractivity contribution in [2.45, 2.75) is 32.8 Å². The minimum atomic E-state index is -1.39. The van der Waals surface area contributed by atoms with Crippen molar-refractivity contribution in [3.05, 3.63) is 35.7 Å². The second-order valence-electron chi connectivity index (χ2n) is 4.75. The Morgan fingerprint density at radius 3 is 2.39 bits per heavy atom. The van der Waals surface area contributed by atoms with E-state index in [1.54, 1.807) is 0 Å². The Labute approximate surface area is 106 Å². The second kappa shape index (κ2) is 4.46. The van der Waals surface area contributed by atoms with Crippen molar-refractivity contribution in [1.29, 1.82) is 0 Å². The van der Waals surface area contributed by atoms with Gasteiger partial charge < -0.3 is 5.11 Å². The zero-order valence-corrected chi connectivity index (χ0v) is 10.8. The van der Waals surface area contributed by atoms with E-state index in [0.29, 0.717) is 5.69 Å². The number of hydrogen-bond acceptors (Lipinski definition) is 4. The first-order chi connectivity index (χ1) is 8.40. The summed E-state index contributed by atoms with van der Waals surface area (Å²) < 4.78 is 0. The quantitative estimate of drug-likeness (QED) is 0.894. The summed E-state index contributed by atoms with van der Waals surface area (Å²) in [5.74, 6) is -0.267. The summed E-state index contributed by atoms with van der Waals surface area (Å²) in [5, 5.41) is 10.0. The van der Waals surface area contributed by atoms with Crippen molar-refractivity contribution in [1.82, 2.24) is 9.97 Å². The van der Waals surface area contributed by atoms with E-state index >= 15 is 0 Å². The smallest absolute Gasteiger partial charge is 0.161 e. The van der Waals surface area contributed by atoms with Gasteiger partial charge in [0.15, 0.2) is 5.78 Å². The maximum absolute atomic E-state index is 11.3. The fraction of sp³-hybridized carbons (Fsp3) is 0.357. The third-order valence-corrected chi connectivity index (χ3v) is 3.11. The molecule has 0 saturated heterocycles. The highest BCUT2D eigenvalue weighted by Crippen LogP contribution is 2.18. The summed E-state index contributed by atoms with van der Waals surface area (Å²) in [6.45, 7) is 4.72. The number of aromatic nitrogens is 2. The SMILES string of the molecule is CC(=O)[C@](C)(O)Cc1nc2ccccc2nc1C. The minimum absolute atomic E-state index is 0.187. The Morgan fingerprint density at radius 1 is 1.28 bits per heavy atom. The molecule has 1 aromatic carbocycles. The number of carbonyl (C=O) groups is 1. The van der Waals surface area contributed by atoms with Crippen LogP contribution < -0.4 is 0 Å². The predicted octanol–water partition coefficient (Wildman–Crippen LogP) is 1.82. The Balaban J connectivity index is 2.45. The third-order valence-electron chi connectivity index (χ3n) is 3.11. The molecule has 0 saturated carbocycles. The summed E-state index contributed by atoms with van der Waals surface area (Å²) in [6.07, 6.45) is 0.187. The van der Waals surface area contributed by atoms with Crippen LogP contribution in [0.3, 0.4) is 0 Å². The van der Waals surface area contributed by atoms with Gasteiger partial charge in [-0.15, -0.1) is 0 Å². The lowest BCUT2D eigenvalue weighted by Gasteiger charge is -2.20. The van der Waals surface area contributed by atoms with E-state index in [9.17, 15) is 9.90 Å². The van der Waals surface area contributed by atoms with E-state index in [0.717, 1.165) is 16.7 Å². The Kier molecular flexibility index (Phi) is 3.13. The van der Waals surface area contributed by atoms with E-state index in [4.69, 9.17) is 0 Å². The molecule has 4 nitrogen and oxygen atoms in total. The largest absolute Gasteiger partial charge is 0.382 e. The zero-order valence-electron chi connectivity index (χ0n) is 10.8. The van der Waals surface area contributed by atoms with Crippen LogP contribution in [0.5, 0.6) is 0 Å². The Hall–Kier alpha value is -1.81. The molecule has 2 aromatic rings. The molecule has 0 radical (unpaired) electrons. The van der Waals surface area contributed by atoms with Crippen LogP contribution in [-0.2, 0) is 11.2 Å². The molecule has 2 rings (SSSR count). The van der Waals surface area contributed by atoms with Crippen LogP contribution in [0.2, 0.25) is 0 Å². The summed E-state index contributed by atoms with van der Waals surface area (Å²) in [7, 11) is 0. The van der Waals surface area contributed by atoms with Gasteiger partial charge >= 0.3 is 0 Å². The number of rotatable bonds is 3. The van der Waals surface area contributed by atoms with Crippen LogP contribution in [0.15, 0.2) is 24.3 Å². The molecule has 0 aliphatic carbocycles. The minimum Gasteiger partial charge on any atom is -0.382 e. The number of carbonyl (C=O) groups excluding carboxylic acids is 1. The van der Waals surface area contributed by atoms with E-state index in [1.807, 2.05) is 31.2 Å². The number of fused-ring (bicyclic) bond motifs is 1. The molecule has 0 aliphatic heterocycles. The van der Waals surface area contributed by atoms with E-state index < -0.39 is 5.60 Å². The first kappa shape index (κ1) is 12.6. The van der Waals surface area contributed by atoms with Crippen molar-refractivity contribution in [2.24, 2.45) is 0 Å². The van der Waals surface area contributed by atoms with Gasteiger partial charge in [0.1, 0.15) is 5.60 Å². The maximum atomic E-state index is 11.3. The van der Waals surface area contributed by atoms with E-state index in [-0.39, 0.29) is 12.2 Å². The number of aryl methyl sites for hydroxylation is 1. The number of aliphatic hydroxyl groups is 1. The summed E-state index contributed by atoms with van der Waals surface area (Å²) >= 11 is 0. The Morgan fingerprint density at radius 2 is 1.83 bits per heavy atom. The monoisotopic (exact) mass is 244 g/mol. The van der Waals surface area contributed by atoms with Crippen molar-refractivity contribution >= 4 is 16.8 Å². The summed E-state index contributed by atoms with van der Waals surface area (Å²) in [4.78, 5) is 20.2. The highest BCUT2D eigenvalue weighted by Gasteiger charge is 2.28. The van der Waals surface area contributed by atoms with Crippen LogP contribution in [0, 0.1) is 6.92 Å². The van der Waals surface area contributed by atoms with Crippen LogP contribution in [0.1, 0.15) is 25.2 Å². The first-order valence-electron chi connectivity index (χ1n) is 5.86. The second-order valence-corrected chi connectivity index (χ2v) is 4.75. The molecule has 0 amide bonds. The molecule has 0 unspecified atom stereocenters. The normalized spacial score (nSPS) is 14.4. The molecular weight excluding hydrogens is 228 g/mol. The topological polar surface area (TPSA) is 63.1 Å². The van der Waals surface area contributed by atoms with Gasteiger partial charge in [-0.3, -0.25) is 4.79 Å². The zero-order chi connectivity index (χ0) is 13.3. The van der Waals surface area contributed by atoms with Gasteiger partial charge in [-0.2, -0.15) is 0 Å². The first-order valence-corrected chi connectivity index (χ1v) is 5.86. The lowest BCUT2D eigenvalue weighted by atomic mass is 9.95.